The highest BCUT2D eigenvalue weighted by molar-refractivity contribution is 6.46. The summed E-state index contributed by atoms with van der Waals surface area (Å²) in [6, 6.07) is 13.0. The molecule has 7 heteroatoms. The van der Waals surface area contributed by atoms with Crippen molar-refractivity contribution in [3.05, 3.63) is 77.9 Å². The van der Waals surface area contributed by atoms with Gasteiger partial charge >= 0.3 is 0 Å². The van der Waals surface area contributed by atoms with Gasteiger partial charge in [0.15, 0.2) is 0 Å². The molecule has 1 amide bonds. The van der Waals surface area contributed by atoms with Gasteiger partial charge in [0.1, 0.15) is 23.9 Å². The number of Topliss-reactive ketones (excluding diaryl/α,β-unsaturated/α-hetero) is 1. The fraction of sp³-hybridized carbons (Fsp3) is 0.250. The van der Waals surface area contributed by atoms with Crippen molar-refractivity contribution >= 4 is 17.4 Å². The average Bonchev–Trinajstić information content (AvgIpc) is 3.06. The number of carbonyl (C=O) groups excluding carboxylic acids is 2. The summed E-state index contributed by atoms with van der Waals surface area (Å²) >= 11 is 0. The number of hydrogen-bond acceptors (Lipinski definition) is 6. The molecule has 7 nitrogen and oxygen atoms in total. The maximum Gasteiger partial charge on any atom is 0.295 e. The molecule has 0 spiro atoms. The van der Waals surface area contributed by atoms with E-state index in [1.54, 1.807) is 54.6 Å². The lowest BCUT2D eigenvalue weighted by Gasteiger charge is -2.25. The van der Waals surface area contributed by atoms with E-state index < -0.39 is 17.7 Å². The fourth-order valence-corrected chi connectivity index (χ4v) is 3.47. The number of nitrogens with zero attached hydrogens (tertiary/aromatic N) is 1. The van der Waals surface area contributed by atoms with E-state index in [4.69, 9.17) is 14.2 Å². The molecular weight excluding hydrogens is 398 g/mol. The molecule has 2 aromatic rings. The molecule has 1 fully saturated rings. The first kappa shape index (κ1) is 22.1. The Morgan fingerprint density at radius 1 is 1.13 bits per heavy atom. The molecule has 3 rings (SSSR count). The number of likely N-dealkylation sites (tertiary alicyclic amines) is 1. The largest absolute Gasteiger partial charge is 0.507 e. The molecule has 1 heterocycles. The van der Waals surface area contributed by atoms with Crippen LogP contribution in [0.2, 0.25) is 0 Å². The zero-order chi connectivity index (χ0) is 22.4. The third kappa shape index (κ3) is 4.62. The van der Waals surface area contributed by atoms with Crippen LogP contribution in [0.25, 0.3) is 5.76 Å². The SMILES string of the molecule is C=CCOc1ccc(C2/C(=C(\O)c3cccc(OC)c3)C(=O)C(=O)N2CCOC)cc1. The Morgan fingerprint density at radius 2 is 1.87 bits per heavy atom. The molecule has 0 aliphatic carbocycles. The summed E-state index contributed by atoms with van der Waals surface area (Å²) in [4.78, 5) is 27.1. The van der Waals surface area contributed by atoms with Crippen molar-refractivity contribution in [2.75, 3.05) is 34.0 Å². The number of benzene rings is 2. The summed E-state index contributed by atoms with van der Waals surface area (Å²) in [6.45, 7) is 4.44. The van der Waals surface area contributed by atoms with Gasteiger partial charge in [-0.3, -0.25) is 9.59 Å². The third-order valence-corrected chi connectivity index (χ3v) is 4.98. The van der Waals surface area contributed by atoms with Crippen LogP contribution in [0.4, 0.5) is 0 Å². The maximum absolute atomic E-state index is 12.9. The van der Waals surface area contributed by atoms with Crippen molar-refractivity contribution in [1.82, 2.24) is 4.90 Å². The predicted molar refractivity (Wildman–Crippen MR) is 116 cm³/mol. The minimum absolute atomic E-state index is 0.0223. The Labute approximate surface area is 181 Å². The molecule has 162 valence electrons. The number of rotatable bonds is 9. The lowest BCUT2D eigenvalue weighted by molar-refractivity contribution is -0.140. The second-order valence-electron chi connectivity index (χ2n) is 6.89. The van der Waals surface area contributed by atoms with Gasteiger partial charge in [-0.25, -0.2) is 0 Å². The summed E-state index contributed by atoms with van der Waals surface area (Å²) in [5, 5.41) is 11.0. The number of ketones is 1. The molecular formula is C24H25NO6. The van der Waals surface area contributed by atoms with Crippen molar-refractivity contribution in [2.24, 2.45) is 0 Å². The molecule has 0 aromatic heterocycles. The zero-order valence-corrected chi connectivity index (χ0v) is 17.5. The molecule has 1 atom stereocenters. The van der Waals surface area contributed by atoms with Crippen LogP contribution >= 0.6 is 0 Å². The van der Waals surface area contributed by atoms with Crippen LogP contribution in [0, 0.1) is 0 Å². The van der Waals surface area contributed by atoms with Gasteiger partial charge in [-0.2, -0.15) is 0 Å². The lowest BCUT2D eigenvalue weighted by atomic mass is 9.95. The van der Waals surface area contributed by atoms with Gasteiger partial charge in [0.25, 0.3) is 11.7 Å². The van der Waals surface area contributed by atoms with Crippen LogP contribution in [0.5, 0.6) is 11.5 Å². The van der Waals surface area contributed by atoms with Crippen molar-refractivity contribution in [3.63, 3.8) is 0 Å². The van der Waals surface area contributed by atoms with Gasteiger partial charge in [-0.05, 0) is 29.8 Å². The van der Waals surface area contributed by atoms with Gasteiger partial charge in [-0.15, -0.1) is 0 Å². The Kier molecular flexibility index (Phi) is 7.10. The topological polar surface area (TPSA) is 85.3 Å². The molecule has 0 bridgehead atoms. The normalized spacial score (nSPS) is 17.6. The van der Waals surface area contributed by atoms with E-state index in [0.717, 1.165) is 0 Å². The lowest BCUT2D eigenvalue weighted by Crippen LogP contribution is -2.32. The van der Waals surface area contributed by atoms with Gasteiger partial charge in [0, 0.05) is 19.2 Å². The summed E-state index contributed by atoms with van der Waals surface area (Å²) in [7, 11) is 3.03. The van der Waals surface area contributed by atoms with E-state index in [0.29, 0.717) is 29.2 Å². The Balaban J connectivity index is 2.09. The van der Waals surface area contributed by atoms with E-state index in [1.165, 1.54) is 19.1 Å². The Bertz CT molecular complexity index is 995. The molecule has 2 aromatic carbocycles. The van der Waals surface area contributed by atoms with Crippen LogP contribution in [-0.4, -0.2) is 55.7 Å². The molecule has 1 saturated heterocycles. The summed E-state index contributed by atoms with van der Waals surface area (Å²) in [6.07, 6.45) is 1.64. The van der Waals surface area contributed by atoms with Crippen molar-refractivity contribution in [3.8, 4) is 11.5 Å². The summed E-state index contributed by atoms with van der Waals surface area (Å²) in [5.41, 5.74) is 1.08. The van der Waals surface area contributed by atoms with Crippen LogP contribution in [0.15, 0.2) is 66.8 Å². The standard InChI is InChI=1S/C24H25NO6/c1-4-13-31-18-10-8-16(9-11-18)21-20(23(27)24(28)25(21)12-14-29-2)22(26)17-6-5-7-19(15-17)30-3/h4-11,15,21,26H,1,12-14H2,2-3H3/b22-20+. The average molecular weight is 423 g/mol. The molecule has 1 aliphatic rings. The second kappa shape index (κ2) is 9.95. The first-order valence-corrected chi connectivity index (χ1v) is 9.77. The van der Waals surface area contributed by atoms with E-state index in [1.807, 2.05) is 0 Å². The third-order valence-electron chi connectivity index (χ3n) is 4.98. The molecule has 1 unspecified atom stereocenters. The monoisotopic (exact) mass is 423 g/mol. The highest BCUT2D eigenvalue weighted by atomic mass is 16.5. The van der Waals surface area contributed by atoms with Crippen LogP contribution < -0.4 is 9.47 Å². The highest BCUT2D eigenvalue weighted by Gasteiger charge is 2.45. The smallest absolute Gasteiger partial charge is 0.295 e. The summed E-state index contributed by atoms with van der Waals surface area (Å²) < 4.78 is 15.8. The first-order valence-electron chi connectivity index (χ1n) is 9.77. The molecule has 1 N–H and O–H groups in total. The molecule has 31 heavy (non-hydrogen) atoms. The minimum Gasteiger partial charge on any atom is -0.507 e. The van der Waals surface area contributed by atoms with Crippen molar-refractivity contribution < 1.29 is 28.9 Å². The van der Waals surface area contributed by atoms with Gasteiger partial charge in [-0.1, -0.05) is 36.9 Å². The Morgan fingerprint density at radius 3 is 2.52 bits per heavy atom. The number of methoxy groups -OCH3 is 2. The van der Waals surface area contributed by atoms with Crippen LogP contribution in [-0.2, 0) is 14.3 Å². The van der Waals surface area contributed by atoms with Gasteiger partial charge < -0.3 is 24.2 Å². The maximum atomic E-state index is 12.9. The fourth-order valence-electron chi connectivity index (χ4n) is 3.47. The van der Waals surface area contributed by atoms with Crippen LogP contribution in [0.3, 0.4) is 0 Å². The van der Waals surface area contributed by atoms with E-state index in [9.17, 15) is 14.7 Å². The van der Waals surface area contributed by atoms with E-state index >= 15 is 0 Å². The number of amides is 1. The summed E-state index contributed by atoms with van der Waals surface area (Å²) in [5.74, 6) is -0.524. The van der Waals surface area contributed by atoms with Gasteiger partial charge in [0.05, 0.1) is 25.3 Å². The highest BCUT2D eigenvalue weighted by Crippen LogP contribution is 2.40. The number of aliphatic hydroxyl groups excluding tert-OH is 1. The Hall–Kier alpha value is -3.58. The van der Waals surface area contributed by atoms with Crippen molar-refractivity contribution in [1.29, 1.82) is 0 Å². The molecule has 0 radical (unpaired) electrons. The predicted octanol–water partition coefficient (Wildman–Crippen LogP) is 3.33. The van der Waals surface area contributed by atoms with Gasteiger partial charge in [0.2, 0.25) is 0 Å². The number of carbonyl (C=O) groups is 2. The van der Waals surface area contributed by atoms with Crippen LogP contribution in [0.1, 0.15) is 17.2 Å². The quantitative estimate of drug-likeness (QED) is 0.288. The zero-order valence-electron chi connectivity index (χ0n) is 17.5. The molecule has 1 aliphatic heterocycles. The second-order valence-corrected chi connectivity index (χ2v) is 6.89. The van der Waals surface area contributed by atoms with E-state index in [2.05, 4.69) is 6.58 Å². The number of aliphatic hydroxyl groups is 1. The number of hydrogen-bond donors (Lipinski definition) is 1. The number of ether oxygens (including phenoxy) is 3. The first-order chi connectivity index (χ1) is 15.0. The van der Waals surface area contributed by atoms with Crippen molar-refractivity contribution in [2.45, 2.75) is 6.04 Å². The minimum atomic E-state index is -0.755. The molecule has 0 saturated carbocycles. The van der Waals surface area contributed by atoms with E-state index in [-0.39, 0.29) is 24.5 Å².